The molecule has 2 aromatic carbocycles. The number of benzene rings is 2. The van der Waals surface area contributed by atoms with Gasteiger partial charge in [-0.1, -0.05) is 48.5 Å². The summed E-state index contributed by atoms with van der Waals surface area (Å²) < 4.78 is 0. The van der Waals surface area contributed by atoms with Crippen LogP contribution in [0.1, 0.15) is 43.0 Å². The Hall–Kier alpha value is -1.60. The molecule has 0 spiro atoms. The average Bonchev–Trinajstić information content (AvgIpc) is 2.66. The summed E-state index contributed by atoms with van der Waals surface area (Å²) in [5, 5.41) is 11.4. The van der Waals surface area contributed by atoms with Crippen molar-refractivity contribution < 1.29 is 5.11 Å². The fourth-order valence-electron chi connectivity index (χ4n) is 4.55. The molecule has 2 aliphatic carbocycles. The quantitative estimate of drug-likeness (QED) is 0.760. The molecule has 0 atom stereocenters. The highest BCUT2D eigenvalue weighted by Gasteiger charge is 2.70. The van der Waals surface area contributed by atoms with Crippen molar-refractivity contribution in [2.24, 2.45) is 0 Å². The fraction of sp³-hybridized carbons (Fsp3) is 0.333. The first-order valence-corrected chi connectivity index (χ1v) is 6.88. The van der Waals surface area contributed by atoms with Crippen LogP contribution in [0.3, 0.4) is 0 Å². The third kappa shape index (κ3) is 0.873. The topological polar surface area (TPSA) is 20.2 Å². The van der Waals surface area contributed by atoms with Crippen molar-refractivity contribution in [2.45, 2.75) is 37.2 Å². The lowest BCUT2D eigenvalue weighted by Gasteiger charge is -2.38. The summed E-state index contributed by atoms with van der Waals surface area (Å²) in [6, 6.07) is 17.0. The molecule has 1 N–H and O–H groups in total. The number of fused-ring (bicyclic) bond motifs is 8. The van der Waals surface area contributed by atoms with E-state index in [0.717, 1.165) is 0 Å². The normalized spacial score (nSPS) is 38.1. The maximum absolute atomic E-state index is 11.4. The van der Waals surface area contributed by atoms with Crippen LogP contribution in [0.4, 0.5) is 0 Å². The smallest absolute Gasteiger partial charge is 0.0887 e. The number of hydrogen-bond acceptors (Lipinski definition) is 1. The van der Waals surface area contributed by atoms with Gasteiger partial charge in [0.05, 0.1) is 5.60 Å². The van der Waals surface area contributed by atoms with E-state index in [9.17, 15) is 5.11 Å². The van der Waals surface area contributed by atoms with E-state index in [-0.39, 0.29) is 10.8 Å². The molecule has 0 aromatic heterocycles. The van der Waals surface area contributed by atoms with Gasteiger partial charge in [-0.25, -0.2) is 0 Å². The highest BCUT2D eigenvalue weighted by Crippen LogP contribution is 2.68. The van der Waals surface area contributed by atoms with Crippen LogP contribution in [0, 0.1) is 0 Å². The summed E-state index contributed by atoms with van der Waals surface area (Å²) >= 11 is 0. The molecular weight excluding hydrogens is 232 g/mol. The van der Waals surface area contributed by atoms with Crippen molar-refractivity contribution in [2.75, 3.05) is 0 Å². The minimum absolute atomic E-state index is 0.311. The van der Waals surface area contributed by atoms with Crippen molar-refractivity contribution in [3.63, 3.8) is 0 Å². The highest BCUT2D eigenvalue weighted by atomic mass is 16.3. The zero-order valence-corrected chi connectivity index (χ0v) is 11.6. The Morgan fingerprint density at radius 2 is 0.895 bits per heavy atom. The van der Waals surface area contributed by atoms with E-state index >= 15 is 0 Å². The van der Waals surface area contributed by atoms with Gasteiger partial charge in [0.2, 0.25) is 0 Å². The van der Waals surface area contributed by atoms with Crippen LogP contribution in [0.25, 0.3) is 0 Å². The maximum atomic E-state index is 11.4. The first kappa shape index (κ1) is 11.2. The molecule has 2 aliphatic rings. The molecule has 96 valence electrons. The zero-order valence-electron chi connectivity index (χ0n) is 11.6. The highest BCUT2D eigenvalue weighted by molar-refractivity contribution is 5.70. The van der Waals surface area contributed by atoms with E-state index < -0.39 is 5.60 Å². The average molecular weight is 250 g/mol. The van der Waals surface area contributed by atoms with Crippen LogP contribution in [-0.2, 0) is 10.8 Å². The SMILES string of the molecule is CC12c3ccccc3C(C)(c3ccccc31)C2(C)O. The molecule has 0 amide bonds. The molecule has 2 bridgehead atoms. The predicted molar refractivity (Wildman–Crippen MR) is 76.4 cm³/mol. The Balaban J connectivity index is 2.22. The molecule has 0 fully saturated rings. The van der Waals surface area contributed by atoms with Crippen molar-refractivity contribution in [3.8, 4) is 0 Å². The molecular formula is C18H18O. The van der Waals surface area contributed by atoms with Gasteiger partial charge >= 0.3 is 0 Å². The lowest BCUT2D eigenvalue weighted by Crippen LogP contribution is -2.49. The number of hydrogen-bond donors (Lipinski definition) is 1. The molecule has 0 aliphatic heterocycles. The summed E-state index contributed by atoms with van der Waals surface area (Å²) in [6.07, 6.45) is 0. The summed E-state index contributed by atoms with van der Waals surface area (Å²) in [6.45, 7) is 6.36. The van der Waals surface area contributed by atoms with Gasteiger partial charge in [-0.05, 0) is 43.0 Å². The molecule has 1 heteroatoms. The van der Waals surface area contributed by atoms with E-state index in [1.54, 1.807) is 0 Å². The lowest BCUT2D eigenvalue weighted by atomic mass is 9.70. The number of rotatable bonds is 0. The Bertz CT molecular complexity index is 591. The molecule has 0 unspecified atom stereocenters. The first-order valence-electron chi connectivity index (χ1n) is 6.88. The third-order valence-corrected chi connectivity index (χ3v) is 5.96. The summed E-state index contributed by atoms with van der Waals surface area (Å²) in [5.74, 6) is 0. The van der Waals surface area contributed by atoms with Crippen molar-refractivity contribution in [3.05, 3.63) is 70.8 Å². The number of aliphatic hydroxyl groups is 1. The first-order chi connectivity index (χ1) is 8.95. The van der Waals surface area contributed by atoms with Crippen LogP contribution in [0.5, 0.6) is 0 Å². The van der Waals surface area contributed by atoms with Crippen molar-refractivity contribution in [1.29, 1.82) is 0 Å². The molecule has 2 aromatic rings. The largest absolute Gasteiger partial charge is 0.388 e. The van der Waals surface area contributed by atoms with Crippen LogP contribution < -0.4 is 0 Å². The monoisotopic (exact) mass is 250 g/mol. The second-order valence-electron chi connectivity index (χ2n) is 6.41. The van der Waals surface area contributed by atoms with Gasteiger partial charge in [0.1, 0.15) is 0 Å². The van der Waals surface area contributed by atoms with E-state index in [1.807, 2.05) is 6.92 Å². The van der Waals surface area contributed by atoms with Gasteiger partial charge in [-0.2, -0.15) is 0 Å². The van der Waals surface area contributed by atoms with Crippen LogP contribution in [-0.4, -0.2) is 10.7 Å². The summed E-state index contributed by atoms with van der Waals surface area (Å²) in [5.41, 5.74) is 3.71. The lowest BCUT2D eigenvalue weighted by molar-refractivity contribution is -0.0176. The zero-order chi connectivity index (χ0) is 13.5. The van der Waals surface area contributed by atoms with Crippen molar-refractivity contribution in [1.82, 2.24) is 0 Å². The minimum Gasteiger partial charge on any atom is -0.388 e. The van der Waals surface area contributed by atoms with Gasteiger partial charge in [0, 0.05) is 10.8 Å². The van der Waals surface area contributed by atoms with Crippen LogP contribution in [0.15, 0.2) is 48.5 Å². The minimum atomic E-state index is -0.784. The van der Waals surface area contributed by atoms with Crippen molar-refractivity contribution >= 4 is 0 Å². The predicted octanol–water partition coefficient (Wildman–Crippen LogP) is 3.38. The van der Waals surface area contributed by atoms with E-state index in [0.29, 0.717) is 0 Å². The Morgan fingerprint density at radius 3 is 1.16 bits per heavy atom. The van der Waals surface area contributed by atoms with Crippen LogP contribution in [0.2, 0.25) is 0 Å². The Morgan fingerprint density at radius 1 is 0.632 bits per heavy atom. The second-order valence-corrected chi connectivity index (χ2v) is 6.41. The van der Waals surface area contributed by atoms with E-state index in [4.69, 9.17) is 0 Å². The summed E-state index contributed by atoms with van der Waals surface area (Å²) in [7, 11) is 0. The molecule has 0 radical (unpaired) electrons. The van der Waals surface area contributed by atoms with Gasteiger partial charge < -0.3 is 5.11 Å². The molecule has 4 rings (SSSR count). The second kappa shape index (κ2) is 2.94. The maximum Gasteiger partial charge on any atom is 0.0887 e. The molecule has 0 saturated heterocycles. The van der Waals surface area contributed by atoms with Gasteiger partial charge in [0.25, 0.3) is 0 Å². The molecule has 19 heavy (non-hydrogen) atoms. The van der Waals surface area contributed by atoms with Gasteiger partial charge in [0.15, 0.2) is 0 Å². The fourth-order valence-corrected chi connectivity index (χ4v) is 4.55. The molecule has 1 nitrogen and oxygen atoms in total. The third-order valence-electron chi connectivity index (χ3n) is 5.96. The van der Waals surface area contributed by atoms with Crippen LogP contribution >= 0.6 is 0 Å². The Kier molecular flexibility index (Phi) is 1.74. The Labute approximate surface area is 113 Å². The van der Waals surface area contributed by atoms with Gasteiger partial charge in [-0.3, -0.25) is 0 Å². The summed E-state index contributed by atoms with van der Waals surface area (Å²) in [4.78, 5) is 0. The van der Waals surface area contributed by atoms with Gasteiger partial charge in [-0.15, -0.1) is 0 Å². The van der Waals surface area contributed by atoms with E-state index in [1.165, 1.54) is 22.3 Å². The molecule has 0 saturated carbocycles. The standard InChI is InChI=1S/C18H18O/c1-16-12-8-4-6-10-14(12)17(2,18(16,3)19)15-11-7-5-9-13(15)16/h4-11,19H,1-3H3. The van der Waals surface area contributed by atoms with E-state index in [2.05, 4.69) is 62.4 Å². The molecule has 0 heterocycles.